The summed E-state index contributed by atoms with van der Waals surface area (Å²) in [5.74, 6) is 0.564. The minimum atomic E-state index is -0.194. The largest absolute Gasteiger partial charge is 0.288 e. The molecule has 0 unspecified atom stereocenters. The maximum atomic E-state index is 13.6. The standard InChI is InChI=1S/C22H18N2.C21H17FN2.2C21H18N2.C20H17N3/c1-3-16(15-6-7-15)11-18(4-1)22-21(5-2-10-24-22)17-8-9-19-13-23-14-20(19)12-17;1-13-10-16(7-8-20(13)22)21-18(4-3-9-23-21)15-5-6-17-12-24-14(2)19(17)11-15;1-14-5-3-6-17(11-14)21-19(7-4-10-22-21)16-8-9-18-13-23-15(2)20(18)12-16;1-2-15-5-3-6-17(11-15)21-20(7-4-10-23-21)16-8-9-18-13-22-14-19(18)12-16;1-2-14-5-3-6-15(9-14)20-18(7-4-8-22-20)16-10-17-11-21-13-19(17)23-12-16/h1-5,8-12,14-15H,6-7,13H2;3-11H,12H2,1-2H3;3-12H,13H2,1-2H3;3-12,14H,2,13H2,1H3;3-12H,2,13H2,1H3. The lowest BCUT2D eigenvalue weighted by Gasteiger charge is -2.11. The van der Waals surface area contributed by atoms with Crippen molar-refractivity contribution in [2.45, 2.75) is 106 Å². The molecular weight excluding hydrogens is 1430 g/mol. The van der Waals surface area contributed by atoms with E-state index >= 15 is 0 Å². The van der Waals surface area contributed by atoms with Crippen molar-refractivity contribution in [2.24, 2.45) is 25.0 Å². The summed E-state index contributed by atoms with van der Waals surface area (Å²) in [5.41, 5.74) is 42.5. The molecule has 0 N–H and O–H groups in total. The van der Waals surface area contributed by atoms with E-state index in [1.54, 1.807) is 19.2 Å². The highest BCUT2D eigenvalue weighted by Gasteiger charge is 2.25. The molecule has 1 fully saturated rings. The van der Waals surface area contributed by atoms with Crippen LogP contribution in [0.15, 0.2) is 317 Å². The first-order valence-corrected chi connectivity index (χ1v) is 40.4. The lowest BCUT2D eigenvalue weighted by atomic mass is 9.95. The van der Waals surface area contributed by atoms with Gasteiger partial charge in [0.1, 0.15) is 5.82 Å². The molecule has 9 aromatic carbocycles. The Bertz CT molecular complexity index is 6290. The van der Waals surface area contributed by atoms with E-state index < -0.39 is 0 Å². The first-order valence-electron chi connectivity index (χ1n) is 40.4. The summed E-state index contributed by atoms with van der Waals surface area (Å²) in [4.78, 5) is 49.8. The quantitative estimate of drug-likeness (QED) is 0.113. The number of aryl methyl sites for hydroxylation is 4. The predicted molar refractivity (Wildman–Crippen MR) is 479 cm³/mol. The van der Waals surface area contributed by atoms with Gasteiger partial charge >= 0.3 is 0 Å². The molecular formula is C105H88FN11. The second-order valence-corrected chi connectivity index (χ2v) is 30.4. The van der Waals surface area contributed by atoms with Crippen molar-refractivity contribution in [3.63, 3.8) is 0 Å². The number of fused-ring (bicyclic) bond motifs is 5. The van der Waals surface area contributed by atoms with Gasteiger partial charge in [-0.1, -0.05) is 171 Å². The Kier molecular flexibility index (Phi) is 22.3. The van der Waals surface area contributed by atoms with Crippen molar-refractivity contribution < 1.29 is 4.39 Å². The van der Waals surface area contributed by atoms with Gasteiger partial charge in [-0.3, -0.25) is 54.9 Å². The van der Waals surface area contributed by atoms with E-state index in [2.05, 4.69) is 284 Å². The average molecular weight is 1520 g/mol. The van der Waals surface area contributed by atoms with Gasteiger partial charge in [0.25, 0.3) is 0 Å². The number of pyridine rings is 6. The first-order chi connectivity index (χ1) is 57.4. The summed E-state index contributed by atoms with van der Waals surface area (Å²) in [7, 11) is 0. The zero-order valence-corrected chi connectivity index (χ0v) is 66.7. The Hall–Kier alpha value is -13.8. The molecule has 0 bridgehead atoms. The van der Waals surface area contributed by atoms with Crippen LogP contribution >= 0.6 is 0 Å². The number of aromatic nitrogens is 6. The normalized spacial score (nSPS) is 13.2. The molecule has 6 aromatic heterocycles. The highest BCUT2D eigenvalue weighted by Crippen LogP contribution is 2.43. The number of hydrogen-bond donors (Lipinski definition) is 0. The van der Waals surface area contributed by atoms with Gasteiger partial charge in [0.15, 0.2) is 0 Å². The molecule has 11 heterocycles. The highest BCUT2D eigenvalue weighted by molar-refractivity contribution is 6.04. The lowest BCUT2D eigenvalue weighted by molar-refractivity contribution is 0.619. The van der Waals surface area contributed by atoms with E-state index in [-0.39, 0.29) is 5.82 Å². The van der Waals surface area contributed by atoms with Gasteiger partial charge in [-0.05, 0) is 240 Å². The number of aliphatic imine (C=N–C) groups is 5. The lowest BCUT2D eigenvalue weighted by Crippen LogP contribution is -1.95. The number of nitrogens with zero attached hydrogens (tertiary/aromatic N) is 11. The summed E-state index contributed by atoms with van der Waals surface area (Å²) in [6.07, 6.45) is 21.7. The van der Waals surface area contributed by atoms with E-state index in [1.165, 1.54) is 130 Å². The van der Waals surface area contributed by atoms with E-state index in [4.69, 9.17) is 4.98 Å². The van der Waals surface area contributed by atoms with E-state index in [9.17, 15) is 4.39 Å². The number of rotatable bonds is 13. The summed E-state index contributed by atoms with van der Waals surface area (Å²) in [5, 5.41) is 0. The SMILES string of the molecule is C1=NCc2ccc(-c3cccnc3-c3cccc(C4CC4)c3)cc21.CC1=NCc2ccc(-c3cccnc3-c3ccc(F)c(C)c3)cc21.CC1=NCc2ccc(-c3cccnc3-c3cccc(C)c3)cc21.CCc1cccc(-c2ncccc2-c2ccc3c(c2)C=NC3)c1.CCc1cccc(-c2ncccc2-c2cnc3c(c2)C=NC3)c1. The van der Waals surface area contributed by atoms with Crippen LogP contribution in [0.1, 0.15) is 130 Å². The van der Waals surface area contributed by atoms with Crippen molar-refractivity contribution in [3.05, 3.63) is 381 Å². The molecule has 570 valence electrons. The van der Waals surface area contributed by atoms with Crippen LogP contribution in [0.25, 0.3) is 112 Å². The average Bonchev–Trinajstić information content (AvgIpc) is 1.78. The molecule has 12 heteroatoms. The van der Waals surface area contributed by atoms with Crippen LogP contribution in [0.5, 0.6) is 0 Å². The summed E-state index contributed by atoms with van der Waals surface area (Å²) in [6.45, 7) is 16.2. The van der Waals surface area contributed by atoms with E-state index in [0.717, 1.165) is 135 Å². The van der Waals surface area contributed by atoms with Gasteiger partial charge in [-0.2, -0.15) is 0 Å². The summed E-state index contributed by atoms with van der Waals surface area (Å²) in [6, 6.07) is 88.7. The third-order valence-corrected chi connectivity index (χ3v) is 22.5. The molecule has 21 rings (SSSR count). The number of halogens is 1. The van der Waals surface area contributed by atoms with Gasteiger partial charge in [-0.25, -0.2) is 4.39 Å². The summed E-state index contributed by atoms with van der Waals surface area (Å²) >= 11 is 0. The Balaban J connectivity index is 0.000000105. The maximum Gasteiger partial charge on any atom is 0.126 e. The fraction of sp³-hybridized carbons (Fsp3) is 0.152. The van der Waals surface area contributed by atoms with Crippen LogP contribution in [0, 0.1) is 19.7 Å². The Morgan fingerprint density at radius 2 is 0.701 bits per heavy atom. The smallest absolute Gasteiger partial charge is 0.126 e. The monoisotopic (exact) mass is 1520 g/mol. The van der Waals surface area contributed by atoms with E-state index in [0.29, 0.717) is 12.1 Å². The molecule has 117 heavy (non-hydrogen) atoms. The van der Waals surface area contributed by atoms with Crippen molar-refractivity contribution in [3.8, 4) is 112 Å². The predicted octanol–water partition coefficient (Wildman–Crippen LogP) is 24.7. The van der Waals surface area contributed by atoms with Crippen LogP contribution in [0.4, 0.5) is 4.39 Å². The number of benzene rings is 9. The topological polar surface area (TPSA) is 139 Å². The Morgan fingerprint density at radius 1 is 0.308 bits per heavy atom. The van der Waals surface area contributed by atoms with Crippen molar-refractivity contribution in [2.75, 3.05) is 0 Å². The molecule has 11 nitrogen and oxygen atoms in total. The Labute approximate surface area is 684 Å². The minimum absolute atomic E-state index is 0.194. The zero-order chi connectivity index (χ0) is 79.7. The van der Waals surface area contributed by atoms with Crippen molar-refractivity contribution in [1.29, 1.82) is 0 Å². The van der Waals surface area contributed by atoms with Gasteiger partial charge in [0.05, 0.1) is 66.9 Å². The van der Waals surface area contributed by atoms with Crippen molar-refractivity contribution in [1.82, 2.24) is 29.9 Å². The Morgan fingerprint density at radius 3 is 1.16 bits per heavy atom. The zero-order valence-electron chi connectivity index (χ0n) is 66.7. The second-order valence-electron chi connectivity index (χ2n) is 30.4. The molecule has 0 radical (unpaired) electrons. The van der Waals surface area contributed by atoms with Crippen LogP contribution in [-0.4, -0.2) is 60.0 Å². The molecule has 0 amide bonds. The second kappa shape index (κ2) is 34.5. The number of hydrogen-bond acceptors (Lipinski definition) is 11. The molecule has 1 saturated carbocycles. The van der Waals surface area contributed by atoms with Gasteiger partial charge in [0.2, 0.25) is 0 Å². The fourth-order valence-corrected chi connectivity index (χ4v) is 15.8. The van der Waals surface area contributed by atoms with Crippen LogP contribution in [-0.2, 0) is 45.6 Å². The maximum absolute atomic E-state index is 13.6. The first kappa shape index (κ1) is 75.8. The third kappa shape index (κ3) is 16.9. The molecule has 6 aliphatic rings. The van der Waals surface area contributed by atoms with Gasteiger partial charge in [0, 0.05) is 145 Å². The molecule has 5 aliphatic heterocycles. The van der Waals surface area contributed by atoms with Gasteiger partial charge < -0.3 is 0 Å². The molecule has 15 aromatic rings. The fourth-order valence-electron chi connectivity index (χ4n) is 15.8. The van der Waals surface area contributed by atoms with Gasteiger partial charge in [-0.15, -0.1) is 0 Å². The third-order valence-electron chi connectivity index (χ3n) is 22.5. The molecule has 1 aliphatic carbocycles. The summed E-state index contributed by atoms with van der Waals surface area (Å²) < 4.78 is 13.6. The molecule has 0 atom stereocenters. The molecule has 0 spiro atoms. The van der Waals surface area contributed by atoms with E-state index in [1.807, 2.05) is 92.9 Å². The van der Waals surface area contributed by atoms with Crippen LogP contribution < -0.4 is 0 Å². The molecule has 0 saturated heterocycles. The van der Waals surface area contributed by atoms with Crippen molar-refractivity contribution >= 4 is 30.1 Å². The van der Waals surface area contributed by atoms with Crippen LogP contribution in [0.3, 0.4) is 0 Å². The minimum Gasteiger partial charge on any atom is -0.288 e. The van der Waals surface area contributed by atoms with Crippen LogP contribution in [0.2, 0.25) is 0 Å². The highest BCUT2D eigenvalue weighted by atomic mass is 19.1.